The lowest BCUT2D eigenvalue weighted by Crippen LogP contribution is -2.39. The average molecular weight is 401 g/mol. The molecule has 0 aliphatic carbocycles. The van der Waals surface area contributed by atoms with Crippen LogP contribution in [-0.2, 0) is 20.7 Å². The van der Waals surface area contributed by atoms with E-state index in [4.69, 9.17) is 9.47 Å². The van der Waals surface area contributed by atoms with Gasteiger partial charge in [0.15, 0.2) is 5.92 Å². The molecule has 0 bridgehead atoms. The van der Waals surface area contributed by atoms with Crippen LogP contribution in [0.1, 0.15) is 41.3 Å². The zero-order valence-electron chi connectivity index (χ0n) is 16.3. The van der Waals surface area contributed by atoms with Crippen LogP contribution in [0.2, 0.25) is 0 Å². The van der Waals surface area contributed by atoms with Crippen molar-refractivity contribution < 1.29 is 23.5 Å². The van der Waals surface area contributed by atoms with Crippen molar-refractivity contribution in [3.8, 4) is 6.07 Å². The Balaban J connectivity index is 2.36. The van der Waals surface area contributed by atoms with Crippen molar-refractivity contribution in [2.45, 2.75) is 26.2 Å². The second-order valence-corrected chi connectivity index (χ2v) is 6.53. The van der Waals surface area contributed by atoms with Gasteiger partial charge in [0.2, 0.25) is 5.43 Å². The summed E-state index contributed by atoms with van der Waals surface area (Å²) in [6, 6.07) is 2.78. The van der Waals surface area contributed by atoms with Gasteiger partial charge in [0.1, 0.15) is 11.4 Å². The van der Waals surface area contributed by atoms with Crippen molar-refractivity contribution >= 4 is 22.8 Å². The molecule has 1 aromatic heterocycles. The first kappa shape index (κ1) is 20.3. The lowest BCUT2D eigenvalue weighted by molar-refractivity contribution is -0.143. The van der Waals surface area contributed by atoms with Crippen molar-refractivity contribution in [3.63, 3.8) is 0 Å². The molecule has 0 fully saturated rings. The summed E-state index contributed by atoms with van der Waals surface area (Å²) in [6.45, 7) is 3.78. The number of hydrogen-bond donors (Lipinski definition) is 0. The zero-order chi connectivity index (χ0) is 21.3. The fourth-order valence-corrected chi connectivity index (χ4v) is 3.56. The molecule has 3 rings (SSSR count). The smallest absolute Gasteiger partial charge is 0.343 e. The predicted molar refractivity (Wildman–Crippen MR) is 102 cm³/mol. The van der Waals surface area contributed by atoms with Crippen molar-refractivity contribution in [1.29, 1.82) is 5.26 Å². The normalized spacial score (nSPS) is 13.7. The van der Waals surface area contributed by atoms with E-state index in [9.17, 15) is 19.6 Å². The number of carbonyl (C=O) groups excluding carboxylic acids is 2. The molecule has 1 atom stereocenters. The Morgan fingerprint density at radius 2 is 2.00 bits per heavy atom. The first-order valence-corrected chi connectivity index (χ1v) is 9.21. The average Bonchev–Trinajstić information content (AvgIpc) is 2.68. The second kappa shape index (κ2) is 7.91. The predicted octanol–water partition coefficient (Wildman–Crippen LogP) is 1.61. The number of likely N-dealkylation sites (N-methyl/N-ethyl adjacent to an activating group) is 1. The van der Waals surface area contributed by atoms with Gasteiger partial charge in [-0.1, -0.05) is 0 Å². The van der Waals surface area contributed by atoms with Crippen molar-refractivity contribution in [3.05, 3.63) is 45.0 Å². The number of rotatable bonds is 5. The van der Waals surface area contributed by atoms with E-state index in [1.165, 1.54) is 6.20 Å². The maximum Gasteiger partial charge on any atom is 0.343 e. The van der Waals surface area contributed by atoms with E-state index in [2.05, 4.69) is 0 Å². The summed E-state index contributed by atoms with van der Waals surface area (Å²) in [7, 11) is 1.75. The molecule has 9 heteroatoms. The molecule has 1 aromatic carbocycles. The Hall–Kier alpha value is -3.41. The summed E-state index contributed by atoms with van der Waals surface area (Å²) in [5.74, 6) is -3.96. The number of hydrogen-bond acceptors (Lipinski definition) is 7. The molecule has 8 nitrogen and oxygen atoms in total. The summed E-state index contributed by atoms with van der Waals surface area (Å²) in [4.78, 5) is 37.3. The van der Waals surface area contributed by atoms with Crippen LogP contribution in [0.4, 0.5) is 4.39 Å². The quantitative estimate of drug-likeness (QED) is 0.702. The number of nitrogens with zero attached hydrogens (tertiary/aromatic N) is 3. The van der Waals surface area contributed by atoms with Gasteiger partial charge in [-0.15, -0.1) is 0 Å². The molecule has 2 heterocycles. The molecule has 29 heavy (non-hydrogen) atoms. The maximum atomic E-state index is 15.1. The van der Waals surface area contributed by atoms with Gasteiger partial charge in [0, 0.05) is 25.4 Å². The third-order valence-corrected chi connectivity index (χ3v) is 4.85. The minimum absolute atomic E-state index is 0.0149. The van der Waals surface area contributed by atoms with Crippen molar-refractivity contribution in [2.24, 2.45) is 0 Å². The second-order valence-electron chi connectivity index (χ2n) is 6.53. The fourth-order valence-electron chi connectivity index (χ4n) is 3.56. The molecule has 0 radical (unpaired) electrons. The summed E-state index contributed by atoms with van der Waals surface area (Å²) in [5.41, 5.74) is -0.235. The first-order chi connectivity index (χ1) is 13.8. The lowest BCUT2D eigenvalue weighted by Gasteiger charge is -2.32. The highest BCUT2D eigenvalue weighted by Gasteiger charge is 2.33. The van der Waals surface area contributed by atoms with E-state index in [0.29, 0.717) is 24.0 Å². The zero-order valence-corrected chi connectivity index (χ0v) is 16.3. The number of aromatic nitrogens is 1. The largest absolute Gasteiger partial charge is 0.465 e. The van der Waals surface area contributed by atoms with Crippen molar-refractivity contribution in [1.82, 2.24) is 4.68 Å². The highest BCUT2D eigenvalue weighted by atomic mass is 19.1. The topological polar surface area (TPSA) is 102 Å². The Labute approximate surface area is 166 Å². The number of pyridine rings is 1. The van der Waals surface area contributed by atoms with Gasteiger partial charge in [-0.05, 0) is 31.9 Å². The van der Waals surface area contributed by atoms with Gasteiger partial charge in [-0.3, -0.25) is 14.3 Å². The SMILES string of the molecule is CCOC(=O)c1cn2c3c(c(C(C#N)C(=O)OCC)c(F)cc3c1=O)CCN2C. The van der Waals surface area contributed by atoms with Gasteiger partial charge < -0.3 is 14.5 Å². The van der Waals surface area contributed by atoms with Crippen LogP contribution in [0.3, 0.4) is 0 Å². The van der Waals surface area contributed by atoms with Gasteiger partial charge in [0.05, 0.1) is 30.2 Å². The Bertz CT molecular complexity index is 1100. The summed E-state index contributed by atoms with van der Waals surface area (Å²) in [5, 5.41) is 11.2. The molecule has 2 aromatic rings. The van der Waals surface area contributed by atoms with Gasteiger partial charge in [-0.2, -0.15) is 5.26 Å². The van der Waals surface area contributed by atoms with E-state index in [-0.39, 0.29) is 29.7 Å². The van der Waals surface area contributed by atoms with Crippen LogP contribution < -0.4 is 10.4 Å². The van der Waals surface area contributed by atoms with Gasteiger partial charge in [-0.25, -0.2) is 9.18 Å². The molecule has 0 N–H and O–H groups in total. The van der Waals surface area contributed by atoms with Crippen LogP contribution in [0.5, 0.6) is 0 Å². The van der Waals surface area contributed by atoms with E-state index in [1.54, 1.807) is 30.6 Å². The number of benzene rings is 1. The van der Waals surface area contributed by atoms with Gasteiger partial charge in [0.25, 0.3) is 0 Å². The molecule has 1 aliphatic rings. The standard InChI is InChI=1S/C20H20FN3O5/c1-4-28-19(26)13(9-22)16-11-6-7-23(3)24-10-14(20(27)29-5-2)18(25)12(17(11)24)8-15(16)21/h8,10,13H,4-7H2,1-3H3. The van der Waals surface area contributed by atoms with Crippen LogP contribution in [-0.4, -0.2) is 43.4 Å². The molecule has 0 amide bonds. The third kappa shape index (κ3) is 3.31. The fraction of sp³-hybridized carbons (Fsp3) is 0.400. The Kier molecular flexibility index (Phi) is 5.55. The highest BCUT2D eigenvalue weighted by molar-refractivity contribution is 5.96. The minimum Gasteiger partial charge on any atom is -0.465 e. The molecular weight excluding hydrogens is 381 g/mol. The van der Waals surface area contributed by atoms with Crippen molar-refractivity contribution in [2.75, 3.05) is 31.8 Å². The molecule has 1 unspecified atom stereocenters. The summed E-state index contributed by atoms with van der Waals surface area (Å²) >= 11 is 0. The number of carbonyl (C=O) groups is 2. The lowest BCUT2D eigenvalue weighted by atomic mass is 9.89. The van der Waals surface area contributed by atoms with E-state index in [0.717, 1.165) is 6.07 Å². The van der Waals surface area contributed by atoms with Crippen LogP contribution in [0.15, 0.2) is 17.1 Å². The molecular formula is C20H20FN3O5. The number of ether oxygens (including phenoxy) is 2. The molecule has 0 spiro atoms. The van der Waals surface area contributed by atoms with Crippen LogP contribution >= 0.6 is 0 Å². The van der Waals surface area contributed by atoms with Gasteiger partial charge >= 0.3 is 11.9 Å². The van der Waals surface area contributed by atoms with E-state index >= 15 is 4.39 Å². The molecule has 0 saturated heterocycles. The van der Waals surface area contributed by atoms with Crippen LogP contribution in [0.25, 0.3) is 10.9 Å². The van der Waals surface area contributed by atoms with E-state index < -0.39 is 29.1 Å². The highest BCUT2D eigenvalue weighted by Crippen LogP contribution is 2.33. The number of halogens is 1. The maximum absolute atomic E-state index is 15.1. The first-order valence-electron chi connectivity index (χ1n) is 9.21. The van der Waals surface area contributed by atoms with E-state index in [1.807, 2.05) is 6.07 Å². The molecule has 1 aliphatic heterocycles. The minimum atomic E-state index is -1.45. The van der Waals surface area contributed by atoms with Crippen LogP contribution in [0, 0.1) is 17.1 Å². The third-order valence-electron chi connectivity index (χ3n) is 4.85. The summed E-state index contributed by atoms with van der Waals surface area (Å²) < 4.78 is 26.5. The molecule has 0 saturated carbocycles. The summed E-state index contributed by atoms with van der Waals surface area (Å²) in [6.07, 6.45) is 1.66. The Morgan fingerprint density at radius 1 is 1.31 bits per heavy atom. The Morgan fingerprint density at radius 3 is 2.62 bits per heavy atom. The molecule has 152 valence electrons. The number of esters is 2. The monoisotopic (exact) mass is 401 g/mol. The number of nitriles is 1.